The van der Waals surface area contributed by atoms with Gasteiger partial charge in [0.1, 0.15) is 5.75 Å². The van der Waals surface area contributed by atoms with Crippen LogP contribution >= 0.6 is 0 Å². The second-order valence-electron chi connectivity index (χ2n) is 5.86. The van der Waals surface area contributed by atoms with Gasteiger partial charge < -0.3 is 16.2 Å². The van der Waals surface area contributed by atoms with Gasteiger partial charge in [0.05, 0.1) is 0 Å². The molecule has 1 aliphatic heterocycles. The van der Waals surface area contributed by atoms with E-state index in [0.29, 0.717) is 17.7 Å². The fraction of sp³-hybridized carbons (Fsp3) is 0.562. The van der Waals surface area contributed by atoms with Crippen molar-refractivity contribution in [3.63, 3.8) is 0 Å². The molecule has 5 nitrogen and oxygen atoms in total. The molecule has 2 unspecified atom stereocenters. The predicted molar refractivity (Wildman–Crippen MR) is 82.8 cm³/mol. The van der Waals surface area contributed by atoms with Crippen LogP contribution in [0.3, 0.4) is 0 Å². The Morgan fingerprint density at radius 3 is 2.67 bits per heavy atom. The van der Waals surface area contributed by atoms with Gasteiger partial charge in [-0.2, -0.15) is 0 Å². The highest BCUT2D eigenvalue weighted by molar-refractivity contribution is 5.75. The molecule has 0 radical (unpaired) electrons. The van der Waals surface area contributed by atoms with E-state index in [-0.39, 0.29) is 6.61 Å². The maximum atomic E-state index is 10.7. The summed E-state index contributed by atoms with van der Waals surface area (Å²) < 4.78 is 5.26. The van der Waals surface area contributed by atoms with Crippen molar-refractivity contribution in [3.05, 3.63) is 29.8 Å². The Hall–Kier alpha value is -1.59. The maximum absolute atomic E-state index is 10.7. The smallest absolute Gasteiger partial charge is 0.255 e. The average Bonchev–Trinajstić information content (AvgIpc) is 2.48. The van der Waals surface area contributed by atoms with Crippen molar-refractivity contribution in [3.8, 4) is 5.75 Å². The number of benzene rings is 1. The second kappa shape index (κ2) is 7.43. The van der Waals surface area contributed by atoms with Crippen LogP contribution in [-0.2, 0) is 11.3 Å². The second-order valence-corrected chi connectivity index (χ2v) is 5.86. The number of hydrogen-bond acceptors (Lipinski definition) is 4. The number of likely N-dealkylation sites (tertiary alicyclic amines) is 1. The Balaban J connectivity index is 1.91. The van der Waals surface area contributed by atoms with Gasteiger partial charge in [0.25, 0.3) is 5.91 Å². The molecule has 1 aromatic rings. The van der Waals surface area contributed by atoms with Gasteiger partial charge in [-0.05, 0) is 49.9 Å². The molecule has 2 atom stereocenters. The summed E-state index contributed by atoms with van der Waals surface area (Å²) in [6.45, 7) is 4.95. The Bertz CT molecular complexity index is 461. The molecule has 1 heterocycles. The zero-order valence-electron chi connectivity index (χ0n) is 12.6. The third-order valence-electron chi connectivity index (χ3n) is 4.13. The Kier molecular flexibility index (Phi) is 5.59. The van der Waals surface area contributed by atoms with Crippen LogP contribution in [0, 0.1) is 5.92 Å². The van der Waals surface area contributed by atoms with Crippen molar-refractivity contribution in [1.29, 1.82) is 0 Å². The van der Waals surface area contributed by atoms with Gasteiger partial charge in [0, 0.05) is 19.1 Å². The van der Waals surface area contributed by atoms with Crippen molar-refractivity contribution in [2.24, 2.45) is 17.4 Å². The number of carbonyl (C=O) groups is 1. The predicted octanol–water partition coefficient (Wildman–Crippen LogP) is 1.11. The normalized spacial score (nSPS) is 23.0. The van der Waals surface area contributed by atoms with Crippen LogP contribution < -0.4 is 16.2 Å². The van der Waals surface area contributed by atoms with E-state index >= 15 is 0 Å². The highest BCUT2D eigenvalue weighted by Gasteiger charge is 2.24. The first-order chi connectivity index (χ1) is 10.1. The summed E-state index contributed by atoms with van der Waals surface area (Å²) in [5.74, 6) is 0.817. The lowest BCUT2D eigenvalue weighted by molar-refractivity contribution is -0.119. The first-order valence-electron chi connectivity index (χ1n) is 7.52. The van der Waals surface area contributed by atoms with E-state index in [1.165, 1.54) is 18.4 Å². The Morgan fingerprint density at radius 1 is 1.33 bits per heavy atom. The fourth-order valence-corrected chi connectivity index (χ4v) is 2.76. The molecule has 0 saturated carbocycles. The molecule has 1 fully saturated rings. The summed E-state index contributed by atoms with van der Waals surface area (Å²) in [6.07, 6.45) is 2.44. The number of primary amides is 1. The SMILES string of the molecule is CC1CCC(CN)CN1Cc1ccc(OCC(N)=O)cc1. The molecule has 1 aliphatic rings. The van der Waals surface area contributed by atoms with Crippen LogP contribution in [-0.4, -0.2) is 36.5 Å². The van der Waals surface area contributed by atoms with Gasteiger partial charge in [-0.3, -0.25) is 9.69 Å². The van der Waals surface area contributed by atoms with Crippen LogP contribution in [0.25, 0.3) is 0 Å². The first kappa shape index (κ1) is 15.8. The van der Waals surface area contributed by atoms with E-state index < -0.39 is 5.91 Å². The minimum Gasteiger partial charge on any atom is -0.484 e. The average molecular weight is 291 g/mol. The number of piperidine rings is 1. The van der Waals surface area contributed by atoms with Crippen LogP contribution in [0.1, 0.15) is 25.3 Å². The summed E-state index contributed by atoms with van der Waals surface area (Å²) in [6, 6.07) is 8.43. The number of nitrogens with two attached hydrogens (primary N) is 2. The van der Waals surface area contributed by atoms with E-state index in [9.17, 15) is 4.79 Å². The molecule has 0 spiro atoms. The summed E-state index contributed by atoms with van der Waals surface area (Å²) in [7, 11) is 0. The van der Waals surface area contributed by atoms with Crippen molar-refractivity contribution >= 4 is 5.91 Å². The molecule has 21 heavy (non-hydrogen) atoms. The molecule has 5 heteroatoms. The highest BCUT2D eigenvalue weighted by Crippen LogP contribution is 2.23. The van der Waals surface area contributed by atoms with Crippen molar-refractivity contribution in [1.82, 2.24) is 4.90 Å². The minimum atomic E-state index is -0.464. The van der Waals surface area contributed by atoms with E-state index in [2.05, 4.69) is 11.8 Å². The lowest BCUT2D eigenvalue weighted by atomic mass is 9.93. The molecule has 0 bridgehead atoms. The lowest BCUT2D eigenvalue weighted by Crippen LogP contribution is -2.43. The van der Waals surface area contributed by atoms with Crippen LogP contribution in [0.5, 0.6) is 5.75 Å². The molecule has 0 aromatic heterocycles. The van der Waals surface area contributed by atoms with Crippen molar-refractivity contribution < 1.29 is 9.53 Å². The van der Waals surface area contributed by atoms with E-state index in [4.69, 9.17) is 16.2 Å². The monoisotopic (exact) mass is 291 g/mol. The highest BCUT2D eigenvalue weighted by atomic mass is 16.5. The molecule has 1 saturated heterocycles. The van der Waals surface area contributed by atoms with Gasteiger partial charge in [0.2, 0.25) is 0 Å². The Labute approximate surface area is 126 Å². The maximum Gasteiger partial charge on any atom is 0.255 e. The van der Waals surface area contributed by atoms with Crippen LogP contribution in [0.4, 0.5) is 0 Å². The van der Waals surface area contributed by atoms with Crippen LogP contribution in [0.15, 0.2) is 24.3 Å². The molecule has 4 N–H and O–H groups in total. The third-order valence-corrected chi connectivity index (χ3v) is 4.13. The van der Waals surface area contributed by atoms with Gasteiger partial charge in [0.15, 0.2) is 6.61 Å². The van der Waals surface area contributed by atoms with E-state index in [0.717, 1.165) is 19.6 Å². The van der Waals surface area contributed by atoms with E-state index in [1.807, 2.05) is 24.3 Å². The zero-order valence-corrected chi connectivity index (χ0v) is 12.6. The zero-order chi connectivity index (χ0) is 15.2. The van der Waals surface area contributed by atoms with E-state index in [1.54, 1.807) is 0 Å². The minimum absolute atomic E-state index is 0.0827. The molecule has 116 valence electrons. The summed E-state index contributed by atoms with van der Waals surface area (Å²) in [5.41, 5.74) is 12.1. The first-order valence-corrected chi connectivity index (χ1v) is 7.52. The number of nitrogens with zero attached hydrogens (tertiary/aromatic N) is 1. The van der Waals surface area contributed by atoms with Crippen molar-refractivity contribution in [2.45, 2.75) is 32.4 Å². The van der Waals surface area contributed by atoms with Gasteiger partial charge in [-0.1, -0.05) is 12.1 Å². The van der Waals surface area contributed by atoms with Gasteiger partial charge >= 0.3 is 0 Å². The van der Waals surface area contributed by atoms with Crippen molar-refractivity contribution in [2.75, 3.05) is 19.7 Å². The number of amides is 1. The topological polar surface area (TPSA) is 81.6 Å². The summed E-state index contributed by atoms with van der Waals surface area (Å²) >= 11 is 0. The molecular formula is C16H25N3O2. The van der Waals surface area contributed by atoms with Gasteiger partial charge in [-0.25, -0.2) is 0 Å². The molecule has 1 amide bonds. The number of hydrogen-bond donors (Lipinski definition) is 2. The fourth-order valence-electron chi connectivity index (χ4n) is 2.76. The summed E-state index contributed by atoms with van der Waals surface area (Å²) in [5, 5.41) is 0. The molecule has 2 rings (SSSR count). The van der Waals surface area contributed by atoms with Crippen LogP contribution in [0.2, 0.25) is 0 Å². The molecule has 0 aliphatic carbocycles. The standard InChI is InChI=1S/C16H25N3O2/c1-12-2-3-14(8-17)10-19(12)9-13-4-6-15(7-5-13)21-11-16(18)20/h4-7,12,14H,2-3,8-11,17H2,1H3,(H2,18,20). The van der Waals surface area contributed by atoms with Gasteiger partial charge in [-0.15, -0.1) is 0 Å². The molecular weight excluding hydrogens is 266 g/mol. The number of ether oxygens (including phenoxy) is 1. The molecule has 1 aromatic carbocycles. The number of rotatable bonds is 6. The number of carbonyl (C=O) groups excluding carboxylic acids is 1. The summed E-state index contributed by atoms with van der Waals surface area (Å²) in [4.78, 5) is 13.2. The largest absolute Gasteiger partial charge is 0.484 e. The third kappa shape index (κ3) is 4.72. The quantitative estimate of drug-likeness (QED) is 0.822. The lowest BCUT2D eigenvalue weighted by Gasteiger charge is -2.37. The Morgan fingerprint density at radius 2 is 2.05 bits per heavy atom.